The first-order valence-corrected chi connectivity index (χ1v) is 7.06. The van der Waals surface area contributed by atoms with Crippen molar-refractivity contribution in [2.75, 3.05) is 7.11 Å². The Morgan fingerprint density at radius 2 is 2.00 bits per heavy atom. The molecule has 0 amide bonds. The van der Waals surface area contributed by atoms with Gasteiger partial charge in [-0.15, -0.1) is 0 Å². The molecule has 0 saturated carbocycles. The molecule has 3 aromatic rings. The third-order valence-corrected chi connectivity index (χ3v) is 3.62. The van der Waals surface area contributed by atoms with Crippen molar-refractivity contribution >= 4 is 5.65 Å². The minimum atomic E-state index is 0.265. The highest BCUT2D eigenvalue weighted by Crippen LogP contribution is 2.17. The summed E-state index contributed by atoms with van der Waals surface area (Å²) < 4.78 is 7.22. The zero-order valence-corrected chi connectivity index (χ0v) is 12.3. The standard InChI is InChI=1S/C17H19N3O/c1-13(14-6-8-16(21-2)9-7-14)18-11-15-12-20-10-4-3-5-17(20)19-15/h3-10,12-13,18H,11H2,1-2H3/t13-/m1/s1. The lowest BCUT2D eigenvalue weighted by molar-refractivity contribution is 0.414. The van der Waals surface area contributed by atoms with E-state index in [-0.39, 0.29) is 6.04 Å². The lowest BCUT2D eigenvalue weighted by atomic mass is 10.1. The smallest absolute Gasteiger partial charge is 0.137 e. The molecule has 2 heterocycles. The fraction of sp³-hybridized carbons (Fsp3) is 0.235. The number of rotatable bonds is 5. The van der Waals surface area contributed by atoms with Gasteiger partial charge in [0.1, 0.15) is 11.4 Å². The van der Waals surface area contributed by atoms with Crippen molar-refractivity contribution in [2.45, 2.75) is 19.5 Å². The van der Waals surface area contributed by atoms with E-state index in [1.807, 2.05) is 40.9 Å². The quantitative estimate of drug-likeness (QED) is 0.780. The summed E-state index contributed by atoms with van der Waals surface area (Å²) in [5.74, 6) is 0.881. The Morgan fingerprint density at radius 3 is 2.71 bits per heavy atom. The number of aromatic nitrogens is 2. The maximum atomic E-state index is 5.18. The van der Waals surface area contributed by atoms with Crippen LogP contribution in [0.2, 0.25) is 0 Å². The van der Waals surface area contributed by atoms with Crippen molar-refractivity contribution in [3.05, 3.63) is 66.1 Å². The first-order valence-electron chi connectivity index (χ1n) is 7.06. The number of hydrogen-bond acceptors (Lipinski definition) is 3. The van der Waals surface area contributed by atoms with E-state index in [0.29, 0.717) is 0 Å². The molecule has 3 rings (SSSR count). The van der Waals surface area contributed by atoms with Gasteiger partial charge < -0.3 is 14.5 Å². The van der Waals surface area contributed by atoms with Crippen molar-refractivity contribution in [2.24, 2.45) is 0 Å². The molecule has 0 bridgehead atoms. The van der Waals surface area contributed by atoms with Gasteiger partial charge in [-0.2, -0.15) is 0 Å². The molecule has 4 nitrogen and oxygen atoms in total. The molecule has 0 unspecified atom stereocenters. The van der Waals surface area contributed by atoms with E-state index >= 15 is 0 Å². The maximum absolute atomic E-state index is 5.18. The zero-order chi connectivity index (χ0) is 14.7. The van der Waals surface area contributed by atoms with Gasteiger partial charge in [0.15, 0.2) is 0 Å². The van der Waals surface area contributed by atoms with Crippen LogP contribution in [0.4, 0.5) is 0 Å². The number of fused-ring (bicyclic) bond motifs is 1. The summed E-state index contributed by atoms with van der Waals surface area (Å²) in [4.78, 5) is 4.59. The molecular formula is C17H19N3O. The van der Waals surface area contributed by atoms with Crippen LogP contribution < -0.4 is 10.1 Å². The van der Waals surface area contributed by atoms with Gasteiger partial charge in [-0.05, 0) is 36.8 Å². The largest absolute Gasteiger partial charge is 0.497 e. The molecule has 1 atom stereocenters. The van der Waals surface area contributed by atoms with Crippen molar-refractivity contribution in [1.82, 2.24) is 14.7 Å². The molecule has 4 heteroatoms. The average molecular weight is 281 g/mol. The minimum absolute atomic E-state index is 0.265. The first-order chi connectivity index (χ1) is 10.3. The molecule has 0 fully saturated rings. The lowest BCUT2D eigenvalue weighted by Crippen LogP contribution is -2.18. The number of ether oxygens (including phenoxy) is 1. The van der Waals surface area contributed by atoms with Gasteiger partial charge in [0.25, 0.3) is 0 Å². The molecule has 21 heavy (non-hydrogen) atoms. The summed E-state index contributed by atoms with van der Waals surface area (Å²) in [6.07, 6.45) is 4.07. The number of nitrogens with one attached hydrogen (secondary N) is 1. The third-order valence-electron chi connectivity index (χ3n) is 3.62. The average Bonchev–Trinajstić information content (AvgIpc) is 2.95. The first kappa shape index (κ1) is 13.6. The normalized spacial score (nSPS) is 12.5. The number of methoxy groups -OCH3 is 1. The van der Waals surface area contributed by atoms with Gasteiger partial charge in [0.2, 0.25) is 0 Å². The van der Waals surface area contributed by atoms with Crippen molar-refractivity contribution in [1.29, 1.82) is 0 Å². The van der Waals surface area contributed by atoms with Crippen LogP contribution in [0.1, 0.15) is 24.2 Å². The van der Waals surface area contributed by atoms with Gasteiger partial charge in [-0.1, -0.05) is 18.2 Å². The van der Waals surface area contributed by atoms with Crippen LogP contribution in [-0.4, -0.2) is 16.5 Å². The van der Waals surface area contributed by atoms with Crippen LogP contribution in [0.25, 0.3) is 5.65 Å². The summed E-state index contributed by atoms with van der Waals surface area (Å²) in [5, 5.41) is 3.50. The molecule has 0 spiro atoms. The highest BCUT2D eigenvalue weighted by molar-refractivity contribution is 5.39. The van der Waals surface area contributed by atoms with Gasteiger partial charge in [-0.25, -0.2) is 4.98 Å². The summed E-state index contributed by atoms with van der Waals surface area (Å²) in [5.41, 5.74) is 3.26. The molecule has 0 aliphatic heterocycles. The van der Waals surface area contributed by atoms with Crippen LogP contribution in [0.5, 0.6) is 5.75 Å². The monoisotopic (exact) mass is 281 g/mol. The highest BCUT2D eigenvalue weighted by atomic mass is 16.5. The van der Waals surface area contributed by atoms with E-state index in [0.717, 1.165) is 23.6 Å². The second kappa shape index (κ2) is 5.97. The van der Waals surface area contributed by atoms with E-state index in [2.05, 4.69) is 35.6 Å². The summed E-state index contributed by atoms with van der Waals surface area (Å²) >= 11 is 0. The van der Waals surface area contributed by atoms with E-state index in [9.17, 15) is 0 Å². The Hall–Kier alpha value is -2.33. The fourth-order valence-corrected chi connectivity index (χ4v) is 2.34. The molecule has 0 radical (unpaired) electrons. The van der Waals surface area contributed by atoms with Gasteiger partial charge in [0, 0.05) is 25.0 Å². The molecule has 1 N–H and O–H groups in total. The number of nitrogens with zero attached hydrogens (tertiary/aromatic N) is 2. The Labute approximate surface area is 124 Å². The van der Waals surface area contributed by atoms with Crippen LogP contribution in [0.3, 0.4) is 0 Å². The Balaban J connectivity index is 1.65. The van der Waals surface area contributed by atoms with E-state index in [1.165, 1.54) is 5.56 Å². The predicted molar refractivity (Wildman–Crippen MR) is 83.4 cm³/mol. The van der Waals surface area contributed by atoms with Crippen LogP contribution >= 0.6 is 0 Å². The Kier molecular flexibility index (Phi) is 3.88. The molecule has 1 aromatic carbocycles. The number of imidazole rings is 1. The van der Waals surface area contributed by atoms with Crippen molar-refractivity contribution in [3.63, 3.8) is 0 Å². The summed E-state index contributed by atoms with van der Waals surface area (Å²) in [6.45, 7) is 2.90. The van der Waals surface area contributed by atoms with E-state index < -0.39 is 0 Å². The second-order valence-corrected chi connectivity index (χ2v) is 5.07. The van der Waals surface area contributed by atoms with Gasteiger partial charge in [-0.3, -0.25) is 0 Å². The van der Waals surface area contributed by atoms with Crippen molar-refractivity contribution in [3.8, 4) is 5.75 Å². The molecule has 108 valence electrons. The minimum Gasteiger partial charge on any atom is -0.497 e. The molecule has 0 aliphatic carbocycles. The second-order valence-electron chi connectivity index (χ2n) is 5.07. The van der Waals surface area contributed by atoms with Gasteiger partial charge in [0.05, 0.1) is 12.8 Å². The molecule has 2 aromatic heterocycles. The van der Waals surface area contributed by atoms with Crippen LogP contribution in [0, 0.1) is 0 Å². The molecule has 0 aliphatic rings. The topological polar surface area (TPSA) is 38.6 Å². The van der Waals surface area contributed by atoms with Crippen molar-refractivity contribution < 1.29 is 4.74 Å². The number of pyridine rings is 1. The van der Waals surface area contributed by atoms with Crippen LogP contribution in [0.15, 0.2) is 54.9 Å². The zero-order valence-electron chi connectivity index (χ0n) is 12.3. The predicted octanol–water partition coefficient (Wildman–Crippen LogP) is 3.19. The van der Waals surface area contributed by atoms with E-state index in [4.69, 9.17) is 4.74 Å². The molecular weight excluding hydrogens is 262 g/mol. The summed E-state index contributed by atoms with van der Waals surface area (Å²) in [7, 11) is 1.68. The summed E-state index contributed by atoms with van der Waals surface area (Å²) in [6, 6.07) is 14.4. The van der Waals surface area contributed by atoms with Gasteiger partial charge >= 0.3 is 0 Å². The third kappa shape index (κ3) is 3.06. The number of benzene rings is 1. The number of hydrogen-bond donors (Lipinski definition) is 1. The Morgan fingerprint density at radius 1 is 1.19 bits per heavy atom. The molecule has 0 saturated heterocycles. The fourth-order valence-electron chi connectivity index (χ4n) is 2.34. The SMILES string of the molecule is COc1ccc([C@@H](C)NCc2cn3ccccc3n2)cc1. The maximum Gasteiger partial charge on any atom is 0.137 e. The van der Waals surface area contributed by atoms with Crippen LogP contribution in [-0.2, 0) is 6.54 Å². The van der Waals surface area contributed by atoms with E-state index in [1.54, 1.807) is 7.11 Å². The lowest BCUT2D eigenvalue weighted by Gasteiger charge is -2.13. The Bertz CT molecular complexity index is 685. The highest BCUT2D eigenvalue weighted by Gasteiger charge is 2.07.